The fourth-order valence-corrected chi connectivity index (χ4v) is 5.29. The van der Waals surface area contributed by atoms with Crippen LogP contribution in [-0.4, -0.2) is 16.8 Å². The molecule has 2 aliphatic rings. The highest BCUT2D eigenvalue weighted by molar-refractivity contribution is 6.24. The summed E-state index contributed by atoms with van der Waals surface area (Å²) in [5.74, 6) is -0.966. The normalized spacial score (nSPS) is 22.9. The summed E-state index contributed by atoms with van der Waals surface area (Å²) in [6.45, 7) is 0. The quantitative estimate of drug-likeness (QED) is 0.489. The number of imide groups is 1. The predicted molar refractivity (Wildman–Crippen MR) is 116 cm³/mol. The Bertz CT molecular complexity index is 1280. The van der Waals surface area contributed by atoms with Crippen LogP contribution in [0.1, 0.15) is 35.1 Å². The van der Waals surface area contributed by atoms with E-state index < -0.39 is 5.92 Å². The average Bonchev–Trinajstić information content (AvgIpc) is 3.29. The van der Waals surface area contributed by atoms with Crippen molar-refractivity contribution in [2.24, 2.45) is 5.92 Å². The van der Waals surface area contributed by atoms with Crippen LogP contribution in [0.4, 0.5) is 5.69 Å². The van der Waals surface area contributed by atoms with E-state index in [9.17, 15) is 9.59 Å². The maximum Gasteiger partial charge on any atom is 0.243 e. The molecule has 0 spiro atoms. The van der Waals surface area contributed by atoms with Crippen LogP contribution in [0.3, 0.4) is 0 Å². The number of benzene rings is 3. The molecule has 1 N–H and O–H groups in total. The Hall–Kier alpha value is -3.66. The van der Waals surface area contributed by atoms with Gasteiger partial charge in [0, 0.05) is 22.5 Å². The lowest BCUT2D eigenvalue weighted by Crippen LogP contribution is -2.30. The first-order valence-electron chi connectivity index (χ1n) is 10.3. The van der Waals surface area contributed by atoms with Gasteiger partial charge in [-0.05, 0) is 35.7 Å². The minimum absolute atomic E-state index is 0.0751. The van der Waals surface area contributed by atoms with Gasteiger partial charge in [-0.25, -0.2) is 4.90 Å². The Morgan fingerprint density at radius 1 is 0.767 bits per heavy atom. The van der Waals surface area contributed by atoms with E-state index in [0.717, 1.165) is 22.2 Å². The Kier molecular flexibility index (Phi) is 3.69. The molecule has 0 saturated carbocycles. The van der Waals surface area contributed by atoms with Crippen LogP contribution < -0.4 is 4.90 Å². The van der Waals surface area contributed by atoms with Crippen LogP contribution in [0, 0.1) is 5.92 Å². The van der Waals surface area contributed by atoms with E-state index in [1.807, 2.05) is 66.7 Å². The number of rotatable bonds is 2. The molecular formula is C26H20N2O2. The molecule has 1 fully saturated rings. The van der Waals surface area contributed by atoms with Crippen LogP contribution in [0.25, 0.3) is 10.9 Å². The average molecular weight is 392 g/mol. The van der Waals surface area contributed by atoms with Crippen molar-refractivity contribution in [3.05, 3.63) is 102 Å². The van der Waals surface area contributed by atoms with Gasteiger partial charge in [-0.2, -0.15) is 0 Å². The van der Waals surface area contributed by atoms with Crippen molar-refractivity contribution in [2.45, 2.75) is 18.3 Å². The molecular weight excluding hydrogens is 372 g/mol. The van der Waals surface area contributed by atoms with E-state index in [0.29, 0.717) is 12.1 Å². The van der Waals surface area contributed by atoms with Crippen LogP contribution >= 0.6 is 0 Å². The van der Waals surface area contributed by atoms with Gasteiger partial charge < -0.3 is 4.98 Å². The number of amides is 2. The van der Waals surface area contributed by atoms with Gasteiger partial charge in [0.2, 0.25) is 11.8 Å². The van der Waals surface area contributed by atoms with Crippen molar-refractivity contribution in [1.82, 2.24) is 4.98 Å². The van der Waals surface area contributed by atoms with E-state index in [2.05, 4.69) is 23.2 Å². The van der Waals surface area contributed by atoms with Gasteiger partial charge in [-0.1, -0.05) is 66.7 Å². The molecule has 2 heterocycles. The third-order valence-corrected chi connectivity index (χ3v) is 6.57. The number of carbonyl (C=O) groups is 2. The number of H-pyrrole nitrogens is 1. The molecule has 4 aromatic rings. The second-order valence-corrected chi connectivity index (χ2v) is 8.13. The zero-order valence-corrected chi connectivity index (χ0v) is 16.3. The summed E-state index contributed by atoms with van der Waals surface area (Å²) in [5, 5.41) is 1.14. The largest absolute Gasteiger partial charge is 0.357 e. The highest BCUT2D eigenvalue weighted by Crippen LogP contribution is 2.52. The van der Waals surface area contributed by atoms with Crippen molar-refractivity contribution in [1.29, 1.82) is 0 Å². The topological polar surface area (TPSA) is 53.2 Å². The van der Waals surface area contributed by atoms with Crippen molar-refractivity contribution in [3.8, 4) is 0 Å². The molecule has 1 aliphatic carbocycles. The zero-order chi connectivity index (χ0) is 20.2. The third kappa shape index (κ3) is 2.34. The lowest BCUT2D eigenvalue weighted by atomic mass is 9.71. The summed E-state index contributed by atoms with van der Waals surface area (Å²) in [5.41, 5.74) is 4.91. The first kappa shape index (κ1) is 17.2. The highest BCUT2D eigenvalue weighted by Gasteiger charge is 2.54. The number of nitrogens with zero attached hydrogens (tertiary/aromatic N) is 1. The molecule has 1 saturated heterocycles. The number of para-hydroxylation sites is 2. The third-order valence-electron chi connectivity index (χ3n) is 6.57. The number of aromatic amines is 1. The molecule has 0 bridgehead atoms. The Morgan fingerprint density at radius 3 is 2.20 bits per heavy atom. The van der Waals surface area contributed by atoms with Gasteiger partial charge in [0.25, 0.3) is 0 Å². The number of nitrogens with one attached hydrogen (secondary N) is 1. The summed E-state index contributed by atoms with van der Waals surface area (Å²) in [4.78, 5) is 31.9. The molecule has 3 atom stereocenters. The summed E-state index contributed by atoms with van der Waals surface area (Å²) in [6.07, 6.45) is 0.636. The summed E-state index contributed by atoms with van der Waals surface area (Å²) in [6, 6.07) is 27.8. The van der Waals surface area contributed by atoms with Crippen molar-refractivity contribution in [2.75, 3.05) is 4.90 Å². The van der Waals surface area contributed by atoms with Crippen LogP contribution in [-0.2, 0) is 9.59 Å². The summed E-state index contributed by atoms with van der Waals surface area (Å²) >= 11 is 0. The first-order valence-corrected chi connectivity index (χ1v) is 10.3. The van der Waals surface area contributed by atoms with Crippen LogP contribution in [0.2, 0.25) is 0 Å². The standard InChI is InChI=1S/C26H20N2O2/c29-25-20-15-19(16-9-3-1-4-10-16)22-18-13-7-8-14-21(18)27-24(22)23(20)26(30)28(25)17-11-5-2-6-12-17/h1-14,19-20,23,27H,15H2/t19-,20-,23-/m1/s1. The number of hydrogen-bond donors (Lipinski definition) is 1. The van der Waals surface area contributed by atoms with Gasteiger partial charge in [0.05, 0.1) is 17.5 Å². The molecule has 1 aromatic heterocycles. The molecule has 0 radical (unpaired) electrons. The predicted octanol–water partition coefficient (Wildman–Crippen LogP) is 4.98. The molecule has 146 valence electrons. The molecule has 0 unspecified atom stereocenters. The van der Waals surface area contributed by atoms with Gasteiger partial charge in [-0.3, -0.25) is 9.59 Å². The minimum Gasteiger partial charge on any atom is -0.357 e. The van der Waals surface area contributed by atoms with E-state index in [4.69, 9.17) is 0 Å². The van der Waals surface area contributed by atoms with Crippen LogP contribution in [0.15, 0.2) is 84.9 Å². The van der Waals surface area contributed by atoms with Crippen molar-refractivity contribution in [3.63, 3.8) is 0 Å². The number of aromatic nitrogens is 1. The number of fused-ring (bicyclic) bond motifs is 5. The fraction of sp³-hybridized carbons (Fsp3) is 0.154. The Morgan fingerprint density at radius 2 is 1.43 bits per heavy atom. The van der Waals surface area contributed by atoms with Gasteiger partial charge >= 0.3 is 0 Å². The number of carbonyl (C=O) groups excluding carboxylic acids is 2. The summed E-state index contributed by atoms with van der Waals surface area (Å²) < 4.78 is 0. The zero-order valence-electron chi connectivity index (χ0n) is 16.3. The Labute approximate surface area is 174 Å². The highest BCUT2D eigenvalue weighted by atomic mass is 16.2. The fourth-order valence-electron chi connectivity index (χ4n) is 5.29. The van der Waals surface area contributed by atoms with E-state index >= 15 is 0 Å². The molecule has 6 rings (SSSR count). The molecule has 4 nitrogen and oxygen atoms in total. The van der Waals surface area contributed by atoms with Gasteiger partial charge in [0.1, 0.15) is 0 Å². The SMILES string of the molecule is O=C1[C@@H]2C[C@H](c3ccccc3)c3c([nH]c4ccccc34)[C@@H]2C(=O)N1c1ccccc1. The Balaban J connectivity index is 1.56. The van der Waals surface area contributed by atoms with Gasteiger partial charge in [-0.15, -0.1) is 0 Å². The second kappa shape index (κ2) is 6.42. The number of hydrogen-bond acceptors (Lipinski definition) is 2. The minimum atomic E-state index is -0.458. The van der Waals surface area contributed by atoms with Crippen LogP contribution in [0.5, 0.6) is 0 Å². The maximum absolute atomic E-state index is 13.5. The smallest absolute Gasteiger partial charge is 0.243 e. The first-order chi connectivity index (χ1) is 14.7. The van der Waals surface area contributed by atoms with Gasteiger partial charge in [0.15, 0.2) is 0 Å². The molecule has 4 heteroatoms. The second-order valence-electron chi connectivity index (χ2n) is 8.13. The lowest BCUT2D eigenvalue weighted by Gasteiger charge is -2.30. The summed E-state index contributed by atoms with van der Waals surface area (Å²) in [7, 11) is 0. The molecule has 1 aliphatic heterocycles. The lowest BCUT2D eigenvalue weighted by molar-refractivity contribution is -0.122. The molecule has 2 amide bonds. The monoisotopic (exact) mass is 392 g/mol. The van der Waals surface area contributed by atoms with Crippen molar-refractivity contribution >= 4 is 28.4 Å². The molecule has 3 aromatic carbocycles. The maximum atomic E-state index is 13.5. The van der Waals surface area contributed by atoms with E-state index in [1.54, 1.807) is 0 Å². The van der Waals surface area contributed by atoms with E-state index in [1.165, 1.54) is 10.5 Å². The van der Waals surface area contributed by atoms with E-state index in [-0.39, 0.29) is 23.7 Å². The number of anilines is 1. The molecule has 30 heavy (non-hydrogen) atoms. The van der Waals surface area contributed by atoms with Crippen molar-refractivity contribution < 1.29 is 9.59 Å².